The van der Waals surface area contributed by atoms with Crippen molar-refractivity contribution in [3.8, 4) is 0 Å². The van der Waals surface area contributed by atoms with E-state index in [-0.39, 0.29) is 5.97 Å². The number of carbonyl (C=O) groups is 1. The first-order chi connectivity index (χ1) is 13.5. The van der Waals surface area contributed by atoms with Gasteiger partial charge in [0.1, 0.15) is 5.41 Å². The van der Waals surface area contributed by atoms with Crippen molar-refractivity contribution < 1.29 is 23.7 Å². The molecule has 0 amide bonds. The van der Waals surface area contributed by atoms with Gasteiger partial charge in [0.05, 0.1) is 6.61 Å². The van der Waals surface area contributed by atoms with Gasteiger partial charge in [-0.15, -0.1) is 0 Å². The summed E-state index contributed by atoms with van der Waals surface area (Å²) in [7, 11) is 0. The molecule has 0 saturated carbocycles. The van der Waals surface area contributed by atoms with Crippen LogP contribution in [0.5, 0.6) is 0 Å². The lowest BCUT2D eigenvalue weighted by atomic mass is 9.75. The summed E-state index contributed by atoms with van der Waals surface area (Å²) in [4.78, 5) is 13.3. The molecule has 1 unspecified atom stereocenters. The van der Waals surface area contributed by atoms with Crippen molar-refractivity contribution in [3.63, 3.8) is 0 Å². The molecule has 0 aliphatic carbocycles. The van der Waals surface area contributed by atoms with Crippen LogP contribution < -0.4 is 5.73 Å². The SMILES string of the molecule is CCCCCCCCC(CCCN)(C(=O)OCC)C(OCC)(OCC)OCC. The molecule has 0 radical (unpaired) electrons. The lowest BCUT2D eigenvalue weighted by molar-refractivity contribution is -0.423. The second-order valence-corrected chi connectivity index (χ2v) is 7.07. The Morgan fingerprint density at radius 3 is 1.68 bits per heavy atom. The number of rotatable bonds is 19. The highest BCUT2D eigenvalue weighted by Crippen LogP contribution is 2.46. The van der Waals surface area contributed by atoms with Crippen molar-refractivity contribution in [2.75, 3.05) is 33.0 Å². The van der Waals surface area contributed by atoms with Gasteiger partial charge >= 0.3 is 5.97 Å². The predicted octanol–water partition coefficient (Wildman–Crippen LogP) is 4.79. The van der Waals surface area contributed by atoms with Crippen LogP contribution in [0.4, 0.5) is 0 Å². The van der Waals surface area contributed by atoms with E-state index in [1.54, 1.807) is 0 Å². The van der Waals surface area contributed by atoms with Gasteiger partial charge in [-0.3, -0.25) is 4.79 Å². The number of unbranched alkanes of at least 4 members (excludes halogenated alkanes) is 5. The van der Waals surface area contributed by atoms with Crippen molar-refractivity contribution in [3.05, 3.63) is 0 Å². The molecule has 0 aliphatic rings. The van der Waals surface area contributed by atoms with Gasteiger partial charge in [-0.05, 0) is 53.5 Å². The first kappa shape index (κ1) is 27.3. The van der Waals surface area contributed by atoms with Crippen molar-refractivity contribution in [1.82, 2.24) is 0 Å². The molecule has 168 valence electrons. The molecule has 0 aliphatic heterocycles. The molecule has 0 bridgehead atoms. The average molecular weight is 404 g/mol. The molecule has 2 N–H and O–H groups in total. The van der Waals surface area contributed by atoms with Gasteiger partial charge in [0.25, 0.3) is 5.97 Å². The van der Waals surface area contributed by atoms with E-state index >= 15 is 0 Å². The molecule has 0 aromatic rings. The highest BCUT2D eigenvalue weighted by molar-refractivity contribution is 5.78. The monoisotopic (exact) mass is 403 g/mol. The molecule has 0 aromatic heterocycles. The van der Waals surface area contributed by atoms with Crippen LogP contribution in [0.3, 0.4) is 0 Å². The maximum atomic E-state index is 13.3. The van der Waals surface area contributed by atoms with Crippen LogP contribution in [0, 0.1) is 5.41 Å². The maximum absolute atomic E-state index is 13.3. The van der Waals surface area contributed by atoms with E-state index in [2.05, 4.69) is 6.92 Å². The van der Waals surface area contributed by atoms with Gasteiger partial charge in [-0.25, -0.2) is 0 Å². The summed E-state index contributed by atoms with van der Waals surface area (Å²) in [6.07, 6.45) is 8.57. The lowest BCUT2D eigenvalue weighted by Crippen LogP contribution is -2.59. The number of nitrogens with two attached hydrogens (primary N) is 1. The van der Waals surface area contributed by atoms with Gasteiger partial charge < -0.3 is 24.7 Å². The minimum absolute atomic E-state index is 0.306. The Morgan fingerprint density at radius 2 is 1.21 bits per heavy atom. The summed E-state index contributed by atoms with van der Waals surface area (Å²) in [5, 5.41) is 0. The smallest absolute Gasteiger partial charge is 0.320 e. The Labute approximate surface area is 172 Å². The Kier molecular flexibility index (Phi) is 15.7. The molecule has 0 spiro atoms. The van der Waals surface area contributed by atoms with E-state index in [0.717, 1.165) is 19.3 Å². The molecule has 0 fully saturated rings. The minimum Gasteiger partial charge on any atom is -0.465 e. The quantitative estimate of drug-likeness (QED) is 0.190. The molecule has 6 nitrogen and oxygen atoms in total. The van der Waals surface area contributed by atoms with Gasteiger partial charge in [-0.2, -0.15) is 0 Å². The Balaban J connectivity index is 5.82. The van der Waals surface area contributed by atoms with E-state index in [0.29, 0.717) is 52.2 Å². The van der Waals surface area contributed by atoms with E-state index in [1.165, 1.54) is 19.3 Å². The molecule has 0 saturated heterocycles. The molecular weight excluding hydrogens is 358 g/mol. The lowest BCUT2D eigenvalue weighted by Gasteiger charge is -2.46. The maximum Gasteiger partial charge on any atom is 0.320 e. The zero-order valence-corrected chi connectivity index (χ0v) is 19.0. The topological polar surface area (TPSA) is 80.0 Å². The van der Waals surface area contributed by atoms with E-state index < -0.39 is 11.4 Å². The number of carbonyl (C=O) groups excluding carboxylic acids is 1. The fraction of sp³-hybridized carbons (Fsp3) is 0.955. The molecular formula is C22H45NO5. The fourth-order valence-electron chi connectivity index (χ4n) is 3.75. The van der Waals surface area contributed by atoms with Crippen LogP contribution in [0.2, 0.25) is 0 Å². The normalized spacial score (nSPS) is 14.1. The first-order valence-corrected chi connectivity index (χ1v) is 11.3. The van der Waals surface area contributed by atoms with Crippen LogP contribution in [0.25, 0.3) is 0 Å². The highest BCUT2D eigenvalue weighted by atomic mass is 16.9. The second-order valence-electron chi connectivity index (χ2n) is 7.07. The number of hydrogen-bond acceptors (Lipinski definition) is 6. The average Bonchev–Trinajstić information content (AvgIpc) is 2.67. The van der Waals surface area contributed by atoms with E-state index in [9.17, 15) is 4.79 Å². The van der Waals surface area contributed by atoms with Gasteiger partial charge in [0.15, 0.2) is 0 Å². The van der Waals surface area contributed by atoms with Crippen LogP contribution in [-0.2, 0) is 23.7 Å². The van der Waals surface area contributed by atoms with Crippen molar-refractivity contribution in [2.24, 2.45) is 11.1 Å². The summed E-state index contributed by atoms with van der Waals surface area (Å²) in [6.45, 7) is 11.6. The summed E-state index contributed by atoms with van der Waals surface area (Å²) < 4.78 is 23.7. The Bertz CT molecular complexity index is 374. The van der Waals surface area contributed by atoms with Crippen LogP contribution in [0.1, 0.15) is 92.4 Å². The second kappa shape index (κ2) is 16.1. The fourth-order valence-corrected chi connectivity index (χ4v) is 3.75. The van der Waals surface area contributed by atoms with Gasteiger partial charge in [0, 0.05) is 19.8 Å². The Hall–Kier alpha value is -0.690. The summed E-state index contributed by atoms with van der Waals surface area (Å²) in [5.41, 5.74) is 4.78. The zero-order chi connectivity index (χ0) is 21.3. The number of esters is 1. The molecule has 6 heteroatoms. The molecule has 28 heavy (non-hydrogen) atoms. The molecule has 1 atom stereocenters. The summed E-state index contributed by atoms with van der Waals surface area (Å²) in [5.74, 6) is -1.76. The predicted molar refractivity (Wildman–Crippen MR) is 113 cm³/mol. The Morgan fingerprint density at radius 1 is 0.714 bits per heavy atom. The molecule has 0 aromatic carbocycles. The van der Waals surface area contributed by atoms with Crippen LogP contribution >= 0.6 is 0 Å². The summed E-state index contributed by atoms with van der Waals surface area (Å²) >= 11 is 0. The number of ether oxygens (including phenoxy) is 4. The standard InChI is InChI=1S/C22H45NO5/c1-6-11-12-13-14-15-17-21(18-16-19-23,20(24)25-7-2)22(26-8-3,27-9-4)28-10-5/h6-19,23H2,1-5H3. The van der Waals surface area contributed by atoms with Crippen molar-refractivity contribution in [1.29, 1.82) is 0 Å². The minimum atomic E-state index is -1.45. The van der Waals surface area contributed by atoms with E-state index in [1.807, 2.05) is 27.7 Å². The van der Waals surface area contributed by atoms with Crippen LogP contribution in [-0.4, -0.2) is 44.9 Å². The molecule has 0 heterocycles. The third-order valence-corrected chi connectivity index (χ3v) is 5.02. The van der Waals surface area contributed by atoms with Crippen LogP contribution in [0.15, 0.2) is 0 Å². The molecule has 0 rings (SSSR count). The van der Waals surface area contributed by atoms with Crippen molar-refractivity contribution in [2.45, 2.75) is 98.4 Å². The first-order valence-electron chi connectivity index (χ1n) is 11.3. The van der Waals surface area contributed by atoms with Gasteiger partial charge in [-0.1, -0.05) is 45.4 Å². The zero-order valence-electron chi connectivity index (χ0n) is 19.0. The third-order valence-electron chi connectivity index (χ3n) is 5.02. The highest BCUT2D eigenvalue weighted by Gasteiger charge is 2.60. The third kappa shape index (κ3) is 7.97. The number of hydrogen-bond donors (Lipinski definition) is 1. The van der Waals surface area contributed by atoms with Gasteiger partial charge in [0.2, 0.25) is 0 Å². The van der Waals surface area contributed by atoms with Crippen molar-refractivity contribution >= 4 is 5.97 Å². The largest absolute Gasteiger partial charge is 0.465 e. The van der Waals surface area contributed by atoms with E-state index in [4.69, 9.17) is 24.7 Å². The summed E-state index contributed by atoms with van der Waals surface area (Å²) in [6, 6.07) is 0.